The average Bonchev–Trinajstić information content (AvgIpc) is 3.03. The molecule has 10 heteroatoms. The minimum Gasteiger partial charge on any atom is -0.494 e. The molecule has 0 fully saturated rings. The van der Waals surface area contributed by atoms with Crippen LogP contribution in [0.5, 0.6) is 11.8 Å². The first kappa shape index (κ1) is 24.5. The van der Waals surface area contributed by atoms with Gasteiger partial charge in [-0.1, -0.05) is 0 Å². The number of carbonyl (C=O) groups excluding carboxylic acids is 1. The summed E-state index contributed by atoms with van der Waals surface area (Å²) in [4.78, 5) is 21.3. The van der Waals surface area contributed by atoms with Crippen molar-refractivity contribution in [1.82, 2.24) is 4.57 Å². The summed E-state index contributed by atoms with van der Waals surface area (Å²) in [7, 11) is 0. The van der Waals surface area contributed by atoms with E-state index < -0.39 is 23.2 Å². The lowest BCUT2D eigenvalue weighted by molar-refractivity contribution is -0.114. The summed E-state index contributed by atoms with van der Waals surface area (Å²) in [5, 5.41) is 42.7. The van der Waals surface area contributed by atoms with Gasteiger partial charge in [0.05, 0.1) is 24.0 Å². The van der Waals surface area contributed by atoms with Crippen molar-refractivity contribution in [3.05, 3.63) is 46.9 Å². The number of amides is 1. The minimum absolute atomic E-state index is 0.195. The van der Waals surface area contributed by atoms with E-state index >= 15 is 0 Å². The Hall–Kier alpha value is -4.75. The van der Waals surface area contributed by atoms with Crippen LogP contribution in [0.15, 0.2) is 35.0 Å². The van der Waals surface area contributed by atoms with Crippen LogP contribution >= 0.6 is 0 Å². The molecule has 168 valence electrons. The summed E-state index contributed by atoms with van der Waals surface area (Å²) in [6, 6.07) is 9.81. The quantitative estimate of drug-likeness (QED) is 0.335. The Labute approximate surface area is 191 Å². The molecule has 33 heavy (non-hydrogen) atoms. The zero-order valence-corrected chi connectivity index (χ0v) is 18.7. The molecule has 0 aliphatic carbocycles. The van der Waals surface area contributed by atoms with Gasteiger partial charge in [-0.15, -0.1) is 0 Å². The smallest absolute Gasteiger partial charge is 0.288 e. The van der Waals surface area contributed by atoms with Crippen molar-refractivity contribution in [2.24, 2.45) is 4.99 Å². The highest BCUT2D eigenvalue weighted by Gasteiger charge is 2.24. The molecule has 0 radical (unpaired) electrons. The lowest BCUT2D eigenvalue weighted by atomic mass is 10.2. The summed E-state index contributed by atoms with van der Waals surface area (Å²) < 4.78 is 0.816. The Kier molecular flexibility index (Phi) is 7.82. The predicted octanol–water partition coefficient (Wildman–Crippen LogP) is 3.92. The zero-order valence-electron chi connectivity index (χ0n) is 18.7. The van der Waals surface area contributed by atoms with E-state index in [4.69, 9.17) is 6.57 Å². The second-order valence-electron chi connectivity index (χ2n) is 6.89. The number of nitrogens with one attached hydrogen (secondary N) is 1. The lowest BCUT2D eigenvalue weighted by Gasteiger charge is -2.22. The zero-order chi connectivity index (χ0) is 24.7. The summed E-state index contributed by atoms with van der Waals surface area (Å²) >= 11 is 0. The third kappa shape index (κ3) is 5.12. The third-order valence-electron chi connectivity index (χ3n) is 4.79. The molecule has 1 amide bonds. The van der Waals surface area contributed by atoms with Crippen LogP contribution < -0.4 is 10.2 Å². The van der Waals surface area contributed by atoms with E-state index in [1.54, 1.807) is 24.3 Å². The number of aryl methyl sites for hydroxylation is 1. The highest BCUT2D eigenvalue weighted by atomic mass is 16.3. The molecule has 0 bridgehead atoms. The van der Waals surface area contributed by atoms with Crippen LogP contribution in [0.25, 0.3) is 10.5 Å². The molecular weight excluding hydrogens is 422 g/mol. The Morgan fingerprint density at radius 3 is 2.36 bits per heavy atom. The molecule has 0 atom stereocenters. The van der Waals surface area contributed by atoms with Crippen LogP contribution in [0.2, 0.25) is 0 Å². The van der Waals surface area contributed by atoms with Crippen molar-refractivity contribution in [3.63, 3.8) is 0 Å². The normalized spacial score (nSPS) is 11.6. The van der Waals surface area contributed by atoms with E-state index in [2.05, 4.69) is 20.1 Å². The van der Waals surface area contributed by atoms with E-state index in [1.165, 1.54) is 19.9 Å². The summed E-state index contributed by atoms with van der Waals surface area (Å²) in [6.07, 6.45) is 0. The van der Waals surface area contributed by atoms with Gasteiger partial charge in [-0.05, 0) is 39.0 Å². The molecule has 1 heterocycles. The maximum absolute atomic E-state index is 11.8. The van der Waals surface area contributed by atoms with Crippen LogP contribution in [0.4, 0.5) is 17.1 Å². The number of nitriles is 2. The van der Waals surface area contributed by atoms with Gasteiger partial charge >= 0.3 is 0 Å². The van der Waals surface area contributed by atoms with Gasteiger partial charge in [0.2, 0.25) is 11.8 Å². The van der Waals surface area contributed by atoms with Crippen LogP contribution in [0.1, 0.15) is 26.3 Å². The number of carbonyl (C=O) groups is 1. The maximum Gasteiger partial charge on any atom is 0.288 e. The van der Waals surface area contributed by atoms with Crippen LogP contribution in [0, 0.1) is 36.2 Å². The topological polar surface area (TPSA) is 142 Å². The SMILES string of the molecule is [C-]#[N+]C(C#N)=C(C(C#N)=Nc1ccc(N(CC)CC)cc1NC(C)=O)n1c(O)cc(C)c1O. The van der Waals surface area contributed by atoms with Crippen molar-refractivity contribution in [2.75, 3.05) is 23.3 Å². The molecule has 1 aromatic heterocycles. The molecule has 0 unspecified atom stereocenters. The first-order chi connectivity index (χ1) is 15.7. The summed E-state index contributed by atoms with van der Waals surface area (Å²) in [5.74, 6) is -1.27. The number of anilines is 2. The number of allylic oxidation sites excluding steroid dienone is 2. The highest BCUT2D eigenvalue weighted by Crippen LogP contribution is 2.35. The van der Waals surface area contributed by atoms with Gasteiger partial charge in [-0.2, -0.15) is 5.26 Å². The second-order valence-corrected chi connectivity index (χ2v) is 6.89. The standard InChI is InChI=1S/C23H23N7O3/c1-6-29(7-2)16-8-9-17(18(11-16)27-15(4)31)28-20(13-25)22(19(12-24)26-5)30-21(32)10-14(3)23(30)33/h8-11,32-33H,6-7H2,1-4H3,(H,27,31). The van der Waals surface area contributed by atoms with Gasteiger partial charge in [0.15, 0.2) is 11.6 Å². The fourth-order valence-corrected chi connectivity index (χ4v) is 3.23. The summed E-state index contributed by atoms with van der Waals surface area (Å²) in [5.41, 5.74) is 0.264. The van der Waals surface area contributed by atoms with E-state index in [0.29, 0.717) is 5.69 Å². The Balaban J connectivity index is 2.82. The fourth-order valence-electron chi connectivity index (χ4n) is 3.23. The van der Waals surface area contributed by atoms with Gasteiger partial charge in [0.25, 0.3) is 5.70 Å². The van der Waals surface area contributed by atoms with Gasteiger partial charge in [0, 0.05) is 37.3 Å². The van der Waals surface area contributed by atoms with Crippen molar-refractivity contribution in [3.8, 4) is 23.9 Å². The number of aliphatic imine (C=N–C) groups is 1. The molecule has 0 aliphatic heterocycles. The predicted molar refractivity (Wildman–Crippen MR) is 125 cm³/mol. The highest BCUT2D eigenvalue weighted by molar-refractivity contribution is 6.29. The molecule has 10 nitrogen and oxygen atoms in total. The van der Waals surface area contributed by atoms with E-state index in [-0.39, 0.29) is 22.9 Å². The Bertz CT molecular complexity index is 1250. The lowest BCUT2D eigenvalue weighted by Crippen LogP contribution is -2.22. The molecule has 1 aromatic carbocycles. The van der Waals surface area contributed by atoms with Crippen molar-refractivity contribution in [1.29, 1.82) is 10.5 Å². The molecule has 3 N–H and O–H groups in total. The number of aromatic nitrogens is 1. The van der Waals surface area contributed by atoms with Crippen molar-refractivity contribution < 1.29 is 15.0 Å². The van der Waals surface area contributed by atoms with Crippen LogP contribution in [0.3, 0.4) is 0 Å². The maximum atomic E-state index is 11.8. The largest absolute Gasteiger partial charge is 0.494 e. The van der Waals surface area contributed by atoms with Gasteiger partial charge in [0.1, 0.15) is 11.8 Å². The number of hydrogen-bond donors (Lipinski definition) is 3. The van der Waals surface area contributed by atoms with E-state index in [1.807, 2.05) is 19.9 Å². The van der Waals surface area contributed by atoms with Crippen LogP contribution in [-0.4, -0.2) is 39.5 Å². The average molecular weight is 445 g/mol. The van der Waals surface area contributed by atoms with E-state index in [0.717, 1.165) is 23.3 Å². The second kappa shape index (κ2) is 10.5. The number of aromatic hydroxyl groups is 2. The molecule has 0 saturated carbocycles. The van der Waals surface area contributed by atoms with E-state index in [9.17, 15) is 25.5 Å². The first-order valence-corrected chi connectivity index (χ1v) is 10.00. The summed E-state index contributed by atoms with van der Waals surface area (Å²) in [6.45, 7) is 15.6. The monoisotopic (exact) mass is 445 g/mol. The number of hydrogen-bond acceptors (Lipinski definition) is 7. The number of rotatable bonds is 7. The first-order valence-electron chi connectivity index (χ1n) is 10.00. The Morgan fingerprint density at radius 2 is 1.91 bits per heavy atom. The van der Waals surface area contributed by atoms with Crippen molar-refractivity contribution >= 4 is 34.4 Å². The molecule has 0 saturated heterocycles. The molecule has 2 aromatic rings. The molecule has 0 aliphatic rings. The molecule has 0 spiro atoms. The number of benzene rings is 1. The Morgan fingerprint density at radius 1 is 1.24 bits per heavy atom. The third-order valence-corrected chi connectivity index (χ3v) is 4.79. The molecule has 2 rings (SSSR count). The molecular formula is C23H23N7O3. The van der Waals surface area contributed by atoms with Gasteiger partial charge < -0.3 is 20.4 Å². The van der Waals surface area contributed by atoms with Crippen LogP contribution in [-0.2, 0) is 4.79 Å². The fraction of sp³-hybridized carbons (Fsp3) is 0.261. The van der Waals surface area contributed by atoms with Gasteiger partial charge in [-0.25, -0.2) is 15.1 Å². The van der Waals surface area contributed by atoms with Crippen molar-refractivity contribution in [2.45, 2.75) is 27.7 Å². The van der Waals surface area contributed by atoms with Gasteiger partial charge in [-0.3, -0.25) is 9.36 Å². The number of nitrogens with zero attached hydrogens (tertiary/aromatic N) is 6. The minimum atomic E-state index is -0.558.